The highest BCUT2D eigenvalue weighted by atomic mass is 32.2. The lowest BCUT2D eigenvalue weighted by molar-refractivity contribution is 0.583. The predicted molar refractivity (Wildman–Crippen MR) is 51.4 cm³/mol. The van der Waals surface area contributed by atoms with Crippen LogP contribution >= 0.6 is 11.3 Å². The molecule has 0 atom stereocenters. The molecule has 0 unspecified atom stereocenters. The average Bonchev–Trinajstić information content (AvgIpc) is 2.47. The van der Waals surface area contributed by atoms with Crippen molar-refractivity contribution >= 4 is 21.5 Å². The molecule has 1 aromatic heterocycles. The van der Waals surface area contributed by atoms with E-state index < -0.39 is 10.2 Å². The molecular weight excluding hydrogens is 210 g/mol. The first-order valence-electron chi connectivity index (χ1n) is 3.72. The van der Waals surface area contributed by atoms with E-state index in [1.54, 1.807) is 6.20 Å². The van der Waals surface area contributed by atoms with Crippen LogP contribution in [0.3, 0.4) is 0 Å². The van der Waals surface area contributed by atoms with Crippen molar-refractivity contribution < 1.29 is 8.42 Å². The van der Waals surface area contributed by atoms with Crippen LogP contribution in [0.2, 0.25) is 0 Å². The van der Waals surface area contributed by atoms with Crippen LogP contribution in [-0.4, -0.2) is 13.4 Å². The summed E-state index contributed by atoms with van der Waals surface area (Å²) in [5.41, 5.74) is 0. The molecule has 0 spiro atoms. The number of aromatic nitrogens is 1. The summed E-state index contributed by atoms with van der Waals surface area (Å²) in [5, 5.41) is 5.49. The maximum absolute atomic E-state index is 10.5. The van der Waals surface area contributed by atoms with Gasteiger partial charge in [-0.05, 0) is 6.42 Å². The summed E-state index contributed by atoms with van der Waals surface area (Å²) >= 11 is 1.48. The van der Waals surface area contributed by atoms with Crippen molar-refractivity contribution in [1.82, 2.24) is 9.71 Å². The van der Waals surface area contributed by atoms with Crippen LogP contribution < -0.4 is 9.86 Å². The minimum Gasteiger partial charge on any atom is -0.248 e. The van der Waals surface area contributed by atoms with Gasteiger partial charge in [-0.3, -0.25) is 0 Å². The Bertz CT molecular complexity index is 371. The normalized spacial score (nSPS) is 11.8. The first kappa shape index (κ1) is 10.6. The van der Waals surface area contributed by atoms with Gasteiger partial charge in [0, 0.05) is 11.1 Å². The Labute approximate surface area is 81.2 Å². The summed E-state index contributed by atoms with van der Waals surface area (Å²) in [6, 6.07) is 0. The Kier molecular flexibility index (Phi) is 3.37. The number of nitrogens with one attached hydrogen (secondary N) is 1. The van der Waals surface area contributed by atoms with Gasteiger partial charge < -0.3 is 0 Å². The van der Waals surface area contributed by atoms with Gasteiger partial charge in [-0.1, -0.05) is 6.92 Å². The zero-order valence-electron chi connectivity index (χ0n) is 7.15. The molecule has 0 aliphatic carbocycles. The maximum Gasteiger partial charge on any atom is 0.274 e. The largest absolute Gasteiger partial charge is 0.274 e. The van der Waals surface area contributed by atoms with E-state index in [1.807, 2.05) is 6.92 Å². The monoisotopic (exact) mass is 221 g/mol. The molecule has 0 saturated heterocycles. The van der Waals surface area contributed by atoms with Gasteiger partial charge in [-0.2, -0.15) is 13.1 Å². The Hall–Kier alpha value is -0.500. The van der Waals surface area contributed by atoms with E-state index in [0.29, 0.717) is 0 Å². The lowest BCUT2D eigenvalue weighted by atomic mass is 10.4. The second kappa shape index (κ2) is 4.14. The van der Waals surface area contributed by atoms with E-state index in [2.05, 4.69) is 9.71 Å². The summed E-state index contributed by atoms with van der Waals surface area (Å²) in [6.07, 6.45) is 2.65. The van der Waals surface area contributed by atoms with Gasteiger partial charge in [0.25, 0.3) is 10.2 Å². The molecule has 5 nitrogen and oxygen atoms in total. The molecule has 0 aliphatic rings. The van der Waals surface area contributed by atoms with Gasteiger partial charge >= 0.3 is 0 Å². The van der Waals surface area contributed by atoms with E-state index in [4.69, 9.17) is 5.14 Å². The van der Waals surface area contributed by atoms with Crippen molar-refractivity contribution in [2.24, 2.45) is 5.14 Å². The van der Waals surface area contributed by atoms with Crippen molar-refractivity contribution in [3.8, 4) is 0 Å². The Morgan fingerprint density at radius 1 is 1.69 bits per heavy atom. The molecule has 74 valence electrons. The van der Waals surface area contributed by atoms with Gasteiger partial charge in [0.2, 0.25) is 0 Å². The molecular formula is C6H11N3O2S2. The second-order valence-corrected chi connectivity index (χ2v) is 5.02. The van der Waals surface area contributed by atoms with Crippen LogP contribution in [0.5, 0.6) is 0 Å². The topological polar surface area (TPSA) is 85.1 Å². The fraction of sp³-hybridized carbons (Fsp3) is 0.500. The SMILES string of the molecule is CCc1cnc(CNS(N)(=O)=O)s1. The van der Waals surface area contributed by atoms with E-state index in [-0.39, 0.29) is 6.54 Å². The first-order chi connectivity index (χ1) is 6.01. The Morgan fingerprint density at radius 3 is 2.85 bits per heavy atom. The lowest BCUT2D eigenvalue weighted by Crippen LogP contribution is -2.30. The van der Waals surface area contributed by atoms with Gasteiger partial charge in [0.1, 0.15) is 5.01 Å². The zero-order chi connectivity index (χ0) is 9.90. The minimum atomic E-state index is -3.60. The van der Waals surface area contributed by atoms with Crippen LogP contribution in [0.15, 0.2) is 6.20 Å². The van der Waals surface area contributed by atoms with Crippen molar-refractivity contribution in [3.05, 3.63) is 16.1 Å². The second-order valence-electron chi connectivity index (χ2n) is 2.44. The maximum atomic E-state index is 10.5. The highest BCUT2D eigenvalue weighted by Gasteiger charge is 2.04. The van der Waals surface area contributed by atoms with Crippen molar-refractivity contribution in [2.45, 2.75) is 19.9 Å². The Morgan fingerprint density at radius 2 is 2.38 bits per heavy atom. The molecule has 3 N–H and O–H groups in total. The number of rotatable bonds is 4. The molecule has 7 heteroatoms. The van der Waals surface area contributed by atoms with Crippen LogP contribution in [0.25, 0.3) is 0 Å². The minimum absolute atomic E-state index is 0.170. The molecule has 0 saturated carbocycles. The van der Waals surface area contributed by atoms with Gasteiger partial charge in [-0.25, -0.2) is 10.1 Å². The van der Waals surface area contributed by atoms with E-state index in [1.165, 1.54) is 11.3 Å². The lowest BCUT2D eigenvalue weighted by Gasteiger charge is -1.96. The molecule has 1 heterocycles. The number of hydrogen-bond donors (Lipinski definition) is 2. The average molecular weight is 221 g/mol. The molecule has 1 aromatic rings. The third-order valence-electron chi connectivity index (χ3n) is 1.37. The predicted octanol–water partition coefficient (Wildman–Crippen LogP) is -0.00140. The summed E-state index contributed by atoms with van der Waals surface area (Å²) in [5.74, 6) is 0. The molecule has 0 bridgehead atoms. The fourth-order valence-electron chi connectivity index (χ4n) is 0.756. The van der Waals surface area contributed by atoms with Crippen LogP contribution in [0.4, 0.5) is 0 Å². The summed E-state index contributed by atoms with van der Waals surface area (Å²) in [6.45, 7) is 2.19. The van der Waals surface area contributed by atoms with Crippen molar-refractivity contribution in [2.75, 3.05) is 0 Å². The van der Waals surface area contributed by atoms with E-state index >= 15 is 0 Å². The third-order valence-corrected chi connectivity index (χ3v) is 3.06. The standard InChI is InChI=1S/C6H11N3O2S2/c1-2-5-3-8-6(12-5)4-9-13(7,10)11/h3,9H,2,4H2,1H3,(H2,7,10,11). The summed E-state index contributed by atoms with van der Waals surface area (Å²) < 4.78 is 23.2. The van der Waals surface area contributed by atoms with Gasteiger partial charge in [-0.15, -0.1) is 11.3 Å². The number of aryl methyl sites for hydroxylation is 1. The van der Waals surface area contributed by atoms with Gasteiger partial charge in [0.15, 0.2) is 0 Å². The smallest absolute Gasteiger partial charge is 0.248 e. The number of nitrogens with two attached hydrogens (primary N) is 1. The Balaban J connectivity index is 2.55. The molecule has 13 heavy (non-hydrogen) atoms. The van der Waals surface area contributed by atoms with Gasteiger partial charge in [0.05, 0.1) is 6.54 Å². The highest BCUT2D eigenvalue weighted by Crippen LogP contribution is 2.12. The fourth-order valence-corrected chi connectivity index (χ4v) is 1.99. The summed E-state index contributed by atoms with van der Waals surface area (Å²) in [4.78, 5) is 5.16. The molecule has 0 amide bonds. The van der Waals surface area contributed by atoms with Crippen LogP contribution in [-0.2, 0) is 23.2 Å². The zero-order valence-corrected chi connectivity index (χ0v) is 8.78. The highest BCUT2D eigenvalue weighted by molar-refractivity contribution is 7.87. The van der Waals surface area contributed by atoms with Crippen molar-refractivity contribution in [1.29, 1.82) is 0 Å². The van der Waals surface area contributed by atoms with E-state index in [0.717, 1.165) is 16.3 Å². The molecule has 0 aromatic carbocycles. The molecule has 1 rings (SSSR count). The number of nitrogens with zero attached hydrogens (tertiary/aromatic N) is 1. The van der Waals surface area contributed by atoms with Crippen LogP contribution in [0, 0.1) is 0 Å². The molecule has 0 radical (unpaired) electrons. The number of hydrogen-bond acceptors (Lipinski definition) is 4. The van der Waals surface area contributed by atoms with E-state index in [9.17, 15) is 8.42 Å². The molecule has 0 aliphatic heterocycles. The van der Waals surface area contributed by atoms with Crippen LogP contribution in [0.1, 0.15) is 16.8 Å². The molecule has 0 fully saturated rings. The third kappa shape index (κ3) is 3.81. The summed E-state index contributed by atoms with van der Waals surface area (Å²) in [7, 11) is -3.60. The first-order valence-corrected chi connectivity index (χ1v) is 6.08. The number of thiazole rings is 1. The quantitative estimate of drug-likeness (QED) is 0.750. The van der Waals surface area contributed by atoms with Crippen molar-refractivity contribution in [3.63, 3.8) is 0 Å².